The Kier molecular flexibility index (Phi) is 3.53. The number of benzene rings is 3. The number of hydrogen-bond acceptors (Lipinski definition) is 2. The molecule has 0 unspecified atom stereocenters. The predicted molar refractivity (Wildman–Crippen MR) is 95.1 cm³/mol. The van der Waals surface area contributed by atoms with Crippen LogP contribution in [0.3, 0.4) is 0 Å². The van der Waals surface area contributed by atoms with E-state index in [0.717, 1.165) is 22.8 Å². The first-order chi connectivity index (χ1) is 11.5. The van der Waals surface area contributed by atoms with Crippen molar-refractivity contribution >= 4 is 38.3 Å². The summed E-state index contributed by atoms with van der Waals surface area (Å²) in [6.45, 7) is 0.539. The zero-order valence-electron chi connectivity index (χ0n) is 12.6. The van der Waals surface area contributed by atoms with E-state index in [4.69, 9.17) is 0 Å². The van der Waals surface area contributed by atoms with Gasteiger partial charge in [-0.25, -0.2) is 4.39 Å². The summed E-state index contributed by atoms with van der Waals surface area (Å²) in [6, 6.07) is 13.3. The van der Waals surface area contributed by atoms with Gasteiger partial charge in [0.1, 0.15) is 11.6 Å². The van der Waals surface area contributed by atoms with Gasteiger partial charge in [-0.3, -0.25) is 4.79 Å². The van der Waals surface area contributed by atoms with Crippen LogP contribution in [0.4, 0.5) is 10.1 Å². The zero-order valence-corrected chi connectivity index (χ0v) is 14.2. The number of fused-ring (bicyclic) bond motifs is 2. The monoisotopic (exact) mass is 385 g/mol. The molecule has 3 nitrogen and oxygen atoms in total. The van der Waals surface area contributed by atoms with E-state index in [0.29, 0.717) is 22.3 Å². The topological polar surface area (TPSA) is 40.5 Å². The molecule has 0 saturated heterocycles. The van der Waals surface area contributed by atoms with Gasteiger partial charge < -0.3 is 10.0 Å². The molecular formula is C19H13BrFNO2. The van der Waals surface area contributed by atoms with Crippen LogP contribution >= 0.6 is 15.9 Å². The molecule has 0 bridgehead atoms. The summed E-state index contributed by atoms with van der Waals surface area (Å²) in [4.78, 5) is 14.5. The fraction of sp³-hybridized carbons (Fsp3) is 0.105. The van der Waals surface area contributed by atoms with Crippen molar-refractivity contribution in [2.24, 2.45) is 0 Å². The molecule has 0 radical (unpaired) electrons. The van der Waals surface area contributed by atoms with Crippen LogP contribution in [0.15, 0.2) is 53.0 Å². The van der Waals surface area contributed by atoms with E-state index >= 15 is 0 Å². The first kappa shape index (κ1) is 15.1. The van der Waals surface area contributed by atoms with Crippen molar-refractivity contribution in [3.8, 4) is 5.75 Å². The van der Waals surface area contributed by atoms with Crippen molar-refractivity contribution in [1.82, 2.24) is 0 Å². The van der Waals surface area contributed by atoms with Gasteiger partial charge in [-0.05, 0) is 63.6 Å². The maximum atomic E-state index is 13.5. The van der Waals surface area contributed by atoms with Crippen molar-refractivity contribution in [3.63, 3.8) is 0 Å². The van der Waals surface area contributed by atoms with Gasteiger partial charge in [0.2, 0.25) is 0 Å². The lowest BCUT2D eigenvalue weighted by Gasteiger charge is -2.18. The van der Waals surface area contributed by atoms with Crippen LogP contribution in [-0.2, 0) is 6.42 Å². The summed E-state index contributed by atoms with van der Waals surface area (Å²) in [5.41, 5.74) is 2.12. The van der Waals surface area contributed by atoms with E-state index in [9.17, 15) is 14.3 Å². The normalized spacial score (nSPS) is 13.3. The molecule has 24 heavy (non-hydrogen) atoms. The van der Waals surface area contributed by atoms with Gasteiger partial charge in [-0.2, -0.15) is 0 Å². The maximum absolute atomic E-state index is 13.5. The second-order valence-electron chi connectivity index (χ2n) is 5.81. The van der Waals surface area contributed by atoms with E-state index in [1.165, 1.54) is 12.1 Å². The first-order valence-electron chi connectivity index (χ1n) is 7.56. The number of aromatic hydroxyl groups is 1. The Hall–Kier alpha value is -2.40. The minimum atomic E-state index is -0.348. The molecule has 0 fully saturated rings. The van der Waals surface area contributed by atoms with Crippen LogP contribution in [-0.4, -0.2) is 17.6 Å². The molecule has 0 atom stereocenters. The van der Waals surface area contributed by atoms with Gasteiger partial charge in [0, 0.05) is 17.5 Å². The molecule has 3 aromatic carbocycles. The summed E-state index contributed by atoms with van der Waals surface area (Å²) in [5, 5.41) is 11.5. The lowest BCUT2D eigenvalue weighted by Crippen LogP contribution is -2.28. The molecule has 5 heteroatoms. The highest BCUT2D eigenvalue weighted by Crippen LogP contribution is 2.34. The van der Waals surface area contributed by atoms with Gasteiger partial charge in [0.25, 0.3) is 5.91 Å². The van der Waals surface area contributed by atoms with Gasteiger partial charge in [-0.15, -0.1) is 0 Å². The lowest BCUT2D eigenvalue weighted by atomic mass is 10.1. The minimum Gasteiger partial charge on any atom is -0.507 e. The van der Waals surface area contributed by atoms with Gasteiger partial charge in [-0.1, -0.05) is 18.2 Å². The second kappa shape index (κ2) is 5.60. The number of carbonyl (C=O) groups is 1. The second-order valence-corrected chi connectivity index (χ2v) is 6.61. The summed E-state index contributed by atoms with van der Waals surface area (Å²) in [5.74, 6) is -0.392. The Morgan fingerprint density at radius 2 is 1.92 bits per heavy atom. The molecule has 1 N–H and O–H groups in total. The Labute approximate surface area is 146 Å². The molecule has 1 heterocycles. The summed E-state index contributed by atoms with van der Waals surface area (Å²) >= 11 is 3.36. The van der Waals surface area contributed by atoms with E-state index in [2.05, 4.69) is 15.9 Å². The number of anilines is 1. The first-order valence-corrected chi connectivity index (χ1v) is 8.35. The predicted octanol–water partition coefficient (Wildman–Crippen LogP) is 4.65. The van der Waals surface area contributed by atoms with Crippen molar-refractivity contribution in [1.29, 1.82) is 0 Å². The molecule has 0 spiro atoms. The fourth-order valence-corrected chi connectivity index (χ4v) is 3.60. The molecule has 1 aliphatic rings. The number of phenols is 1. The molecule has 0 saturated carbocycles. The number of phenolic OH excluding ortho intramolecular Hbond substituents is 1. The highest BCUT2D eigenvalue weighted by atomic mass is 79.9. The third-order valence-electron chi connectivity index (χ3n) is 4.37. The smallest absolute Gasteiger partial charge is 0.258 e. The molecule has 1 amide bonds. The SMILES string of the molecule is O=C(c1ccc2ccc(O)c(Br)c2c1)N1CCc2ccc(F)cc21. The third-order valence-corrected chi connectivity index (χ3v) is 5.20. The largest absolute Gasteiger partial charge is 0.507 e. The Morgan fingerprint density at radius 3 is 2.75 bits per heavy atom. The van der Waals surface area contributed by atoms with Crippen LogP contribution in [0, 0.1) is 5.82 Å². The zero-order chi connectivity index (χ0) is 16.8. The van der Waals surface area contributed by atoms with E-state index in [-0.39, 0.29) is 17.5 Å². The van der Waals surface area contributed by atoms with Gasteiger partial charge >= 0.3 is 0 Å². The van der Waals surface area contributed by atoms with Crippen LogP contribution < -0.4 is 4.90 Å². The number of carbonyl (C=O) groups excluding carboxylic acids is 1. The number of hydrogen-bond donors (Lipinski definition) is 1. The minimum absolute atomic E-state index is 0.126. The van der Waals surface area contributed by atoms with Crippen molar-refractivity contribution < 1.29 is 14.3 Å². The van der Waals surface area contributed by atoms with Crippen LogP contribution in [0.25, 0.3) is 10.8 Å². The summed E-state index contributed by atoms with van der Waals surface area (Å²) in [7, 11) is 0. The Bertz CT molecular complexity index is 987. The molecule has 3 aromatic rings. The highest BCUT2D eigenvalue weighted by Gasteiger charge is 2.26. The number of amides is 1. The third kappa shape index (κ3) is 2.36. The average molecular weight is 386 g/mol. The average Bonchev–Trinajstić information content (AvgIpc) is 3.00. The van der Waals surface area contributed by atoms with E-state index < -0.39 is 0 Å². The fourth-order valence-electron chi connectivity index (χ4n) is 3.12. The quantitative estimate of drug-likeness (QED) is 0.662. The number of halogens is 2. The highest BCUT2D eigenvalue weighted by molar-refractivity contribution is 9.10. The number of nitrogens with zero attached hydrogens (tertiary/aromatic N) is 1. The molecular weight excluding hydrogens is 373 g/mol. The lowest BCUT2D eigenvalue weighted by molar-refractivity contribution is 0.0989. The van der Waals surface area contributed by atoms with Crippen molar-refractivity contribution in [2.45, 2.75) is 6.42 Å². The Morgan fingerprint density at radius 1 is 1.12 bits per heavy atom. The standard InChI is InChI=1S/C19H13BrFNO2/c20-18-15-9-13(2-1-11(15)4-6-17(18)23)19(24)22-8-7-12-3-5-14(21)10-16(12)22/h1-6,9-10,23H,7-8H2. The number of rotatable bonds is 1. The van der Waals surface area contributed by atoms with Crippen molar-refractivity contribution in [3.05, 3.63) is 69.9 Å². The van der Waals surface area contributed by atoms with E-state index in [1.54, 1.807) is 35.2 Å². The van der Waals surface area contributed by atoms with Gasteiger partial charge in [0.15, 0.2) is 0 Å². The maximum Gasteiger partial charge on any atom is 0.258 e. The van der Waals surface area contributed by atoms with Crippen LogP contribution in [0.2, 0.25) is 0 Å². The van der Waals surface area contributed by atoms with Crippen LogP contribution in [0.5, 0.6) is 5.75 Å². The molecule has 0 aromatic heterocycles. The molecule has 4 rings (SSSR count). The molecule has 1 aliphatic heterocycles. The molecule has 0 aliphatic carbocycles. The summed E-state index contributed by atoms with van der Waals surface area (Å²) < 4.78 is 14.1. The van der Waals surface area contributed by atoms with E-state index in [1.807, 2.05) is 6.07 Å². The van der Waals surface area contributed by atoms with Crippen LogP contribution in [0.1, 0.15) is 15.9 Å². The van der Waals surface area contributed by atoms with Crippen molar-refractivity contribution in [2.75, 3.05) is 11.4 Å². The Balaban J connectivity index is 1.78. The van der Waals surface area contributed by atoms with Gasteiger partial charge in [0.05, 0.1) is 10.2 Å². The summed E-state index contributed by atoms with van der Waals surface area (Å²) in [6.07, 6.45) is 0.722. The molecule has 120 valence electrons.